The van der Waals surface area contributed by atoms with E-state index < -0.39 is 0 Å². The molecule has 0 aliphatic heterocycles. The van der Waals surface area contributed by atoms with Crippen LogP contribution in [-0.2, 0) is 0 Å². The topological polar surface area (TPSA) is 9.86 Å². The summed E-state index contributed by atoms with van der Waals surface area (Å²) in [5.74, 6) is 0. The Morgan fingerprint density at radius 3 is 1.67 bits per heavy atom. The van der Waals surface area contributed by atoms with Crippen molar-refractivity contribution >= 4 is 43.6 Å². The van der Waals surface area contributed by atoms with Crippen LogP contribution in [0.25, 0.3) is 88.4 Å². The van der Waals surface area contributed by atoms with Gasteiger partial charge in [-0.15, -0.1) is 0 Å². The molecule has 0 amide bonds. The summed E-state index contributed by atoms with van der Waals surface area (Å²) in [6, 6.07) is 65.7. The van der Waals surface area contributed by atoms with Crippen molar-refractivity contribution in [3.05, 3.63) is 194 Å². The highest BCUT2D eigenvalue weighted by Crippen LogP contribution is 2.39. The van der Waals surface area contributed by atoms with Crippen LogP contribution in [0.3, 0.4) is 0 Å². The summed E-state index contributed by atoms with van der Waals surface area (Å²) in [5.41, 5.74) is 15.2. The van der Waals surface area contributed by atoms with E-state index in [0.29, 0.717) is 6.04 Å². The smallest absolute Gasteiger partial charge is 0.0623 e. The molecule has 51 heavy (non-hydrogen) atoms. The van der Waals surface area contributed by atoms with Crippen molar-refractivity contribution in [3.8, 4) is 44.8 Å². The van der Waals surface area contributed by atoms with Gasteiger partial charge in [-0.2, -0.15) is 0 Å². The van der Waals surface area contributed by atoms with Gasteiger partial charge in [0, 0.05) is 32.9 Å². The predicted molar refractivity (Wildman–Crippen MR) is 216 cm³/mol. The molecule has 2 heteroatoms. The van der Waals surface area contributed by atoms with Gasteiger partial charge >= 0.3 is 0 Å². The van der Waals surface area contributed by atoms with Gasteiger partial charge in [-0.05, 0) is 101 Å². The van der Waals surface area contributed by atoms with E-state index in [9.17, 15) is 0 Å². The first-order chi connectivity index (χ1) is 25.6. The lowest BCUT2D eigenvalue weighted by atomic mass is 10.0. The van der Waals surface area contributed by atoms with Crippen molar-refractivity contribution in [3.63, 3.8) is 0 Å². The van der Waals surface area contributed by atoms with E-state index in [1.165, 1.54) is 49.6 Å². The molecule has 0 unspecified atom stereocenters. The van der Waals surface area contributed by atoms with Crippen LogP contribution in [0.1, 0.15) is 6.93 Å². The molecule has 0 saturated heterocycles. The maximum atomic E-state index is 8.53. The van der Waals surface area contributed by atoms with E-state index in [1.807, 2.05) is 18.2 Å². The molecule has 10 aromatic rings. The number of rotatable bonds is 5. The van der Waals surface area contributed by atoms with Crippen molar-refractivity contribution in [2.45, 2.75) is 6.92 Å². The number of aryl methyl sites for hydroxylation is 1. The van der Waals surface area contributed by atoms with Crippen LogP contribution in [0.5, 0.6) is 0 Å². The van der Waals surface area contributed by atoms with Crippen LogP contribution < -0.4 is 0 Å². The average Bonchev–Trinajstić information content (AvgIpc) is 3.69. The Balaban J connectivity index is 1.14. The van der Waals surface area contributed by atoms with Gasteiger partial charge < -0.3 is 9.13 Å². The van der Waals surface area contributed by atoms with Crippen molar-refractivity contribution in [2.75, 3.05) is 0 Å². The number of para-hydroxylation sites is 1. The van der Waals surface area contributed by atoms with Gasteiger partial charge in [0.1, 0.15) is 0 Å². The third-order valence-electron chi connectivity index (χ3n) is 10.3. The van der Waals surface area contributed by atoms with E-state index in [4.69, 9.17) is 1.37 Å². The van der Waals surface area contributed by atoms with Crippen LogP contribution in [0, 0.1) is 6.92 Å². The normalized spacial score (nSPS) is 11.9. The molecule has 2 nitrogen and oxygen atoms in total. The summed E-state index contributed by atoms with van der Waals surface area (Å²) in [5, 5.41) is 4.72. The maximum Gasteiger partial charge on any atom is 0.0623 e. The summed E-state index contributed by atoms with van der Waals surface area (Å²) >= 11 is 0. The van der Waals surface area contributed by atoms with Crippen LogP contribution >= 0.6 is 0 Å². The molecule has 10 rings (SSSR count). The fourth-order valence-electron chi connectivity index (χ4n) is 7.85. The molecule has 0 fully saturated rings. The minimum Gasteiger partial charge on any atom is -0.309 e. The minimum absolute atomic E-state index is 0.510. The Labute approximate surface area is 298 Å². The Morgan fingerprint density at radius 2 is 0.882 bits per heavy atom. The second-order valence-electron chi connectivity index (χ2n) is 13.4. The molecule has 0 spiro atoms. The predicted octanol–water partition coefficient (Wildman–Crippen LogP) is 13.2. The summed E-state index contributed by atoms with van der Waals surface area (Å²) in [4.78, 5) is 0. The van der Waals surface area contributed by atoms with Crippen molar-refractivity contribution in [1.29, 1.82) is 0 Å². The Hall–Kier alpha value is -6.64. The molecule has 0 saturated carbocycles. The molecule has 240 valence electrons. The number of aromatic nitrogens is 2. The molecule has 0 aliphatic carbocycles. The highest BCUT2D eigenvalue weighted by Gasteiger charge is 2.17. The van der Waals surface area contributed by atoms with Crippen LogP contribution in [0.15, 0.2) is 188 Å². The molecular formula is C49H34N2. The zero-order valence-electron chi connectivity index (χ0n) is 29.2. The summed E-state index contributed by atoms with van der Waals surface area (Å²) < 4.78 is 13.3. The summed E-state index contributed by atoms with van der Waals surface area (Å²) in [6.45, 7) is 2.17. The molecule has 0 N–H and O–H groups in total. The molecule has 0 aliphatic rings. The van der Waals surface area contributed by atoms with Crippen LogP contribution in [0.4, 0.5) is 0 Å². The van der Waals surface area contributed by atoms with Gasteiger partial charge in [-0.1, -0.05) is 133 Å². The molecule has 0 bridgehead atoms. The van der Waals surface area contributed by atoms with E-state index in [1.54, 1.807) is 0 Å². The third-order valence-corrected chi connectivity index (χ3v) is 10.3. The lowest BCUT2D eigenvalue weighted by molar-refractivity contribution is 1.18. The van der Waals surface area contributed by atoms with E-state index in [-0.39, 0.29) is 0 Å². The molecule has 0 radical (unpaired) electrons. The van der Waals surface area contributed by atoms with Gasteiger partial charge in [-0.3, -0.25) is 0 Å². The van der Waals surface area contributed by atoms with Crippen molar-refractivity contribution < 1.29 is 1.37 Å². The monoisotopic (exact) mass is 651 g/mol. The van der Waals surface area contributed by atoms with E-state index >= 15 is 0 Å². The van der Waals surface area contributed by atoms with Crippen LogP contribution in [-0.4, -0.2) is 9.13 Å². The van der Waals surface area contributed by atoms with E-state index in [2.05, 4.69) is 180 Å². The highest BCUT2D eigenvalue weighted by molar-refractivity contribution is 6.12. The van der Waals surface area contributed by atoms with Crippen molar-refractivity contribution in [2.24, 2.45) is 0 Å². The molecule has 2 heterocycles. The molecule has 2 aromatic heterocycles. The fourth-order valence-corrected chi connectivity index (χ4v) is 7.85. The standard InChI is InChI=1S/C49H34N2/c1-33-19-27-47-44(29-33)43-26-22-39(32-49(43)51(47)41-16-10-15-37(30-41)35-13-6-3-7-14-35)38-23-28-48-45(31-38)42-17-8-9-18-46(42)50(48)40-24-20-36(21-25-40)34-11-4-2-5-12-34/h2-32H,1H3/i8D. The van der Waals surface area contributed by atoms with Gasteiger partial charge in [0.15, 0.2) is 0 Å². The molecule has 0 atom stereocenters. The van der Waals surface area contributed by atoms with Crippen LogP contribution in [0.2, 0.25) is 0 Å². The van der Waals surface area contributed by atoms with Gasteiger partial charge in [0.2, 0.25) is 0 Å². The van der Waals surface area contributed by atoms with Crippen molar-refractivity contribution in [1.82, 2.24) is 9.13 Å². The Kier molecular flexibility index (Phi) is 6.50. The summed E-state index contributed by atoms with van der Waals surface area (Å²) in [7, 11) is 0. The zero-order valence-corrected chi connectivity index (χ0v) is 28.2. The Bertz CT molecular complexity index is 2950. The first-order valence-corrected chi connectivity index (χ1v) is 17.5. The number of hydrogen-bond donors (Lipinski definition) is 0. The Morgan fingerprint density at radius 1 is 0.333 bits per heavy atom. The van der Waals surface area contributed by atoms with Gasteiger partial charge in [-0.25, -0.2) is 0 Å². The average molecular weight is 652 g/mol. The first-order valence-electron chi connectivity index (χ1n) is 18.0. The number of hydrogen-bond acceptors (Lipinski definition) is 0. The zero-order chi connectivity index (χ0) is 34.8. The largest absolute Gasteiger partial charge is 0.309 e. The summed E-state index contributed by atoms with van der Waals surface area (Å²) in [6.07, 6.45) is 0. The lowest BCUT2D eigenvalue weighted by Gasteiger charge is -2.12. The van der Waals surface area contributed by atoms with E-state index in [0.717, 1.165) is 44.3 Å². The minimum atomic E-state index is 0.510. The number of fused-ring (bicyclic) bond motifs is 6. The second kappa shape index (κ2) is 11.8. The molecule has 8 aromatic carbocycles. The maximum absolute atomic E-state index is 8.53. The number of nitrogens with zero attached hydrogens (tertiary/aromatic N) is 2. The first kappa shape index (κ1) is 28.2. The molecular weight excluding hydrogens is 617 g/mol. The lowest BCUT2D eigenvalue weighted by Crippen LogP contribution is -1.95. The van der Waals surface area contributed by atoms with Gasteiger partial charge in [0.25, 0.3) is 0 Å². The quantitative estimate of drug-likeness (QED) is 0.175. The SMILES string of the molecule is [2H]c1ccc2c(c1)c1cc(-c3ccc4c5cc(C)ccc5n(-c5cccc(-c6ccccc6)c5)c4c3)ccc1n2-c1ccc(-c2ccccc2)cc1. The third kappa shape index (κ3) is 4.87. The number of benzene rings is 8. The van der Waals surface area contributed by atoms with Gasteiger partial charge in [0.05, 0.1) is 23.4 Å². The second-order valence-corrected chi connectivity index (χ2v) is 13.4. The fraction of sp³-hybridized carbons (Fsp3) is 0.0204. The highest BCUT2D eigenvalue weighted by atomic mass is 15.0.